The fourth-order valence-electron chi connectivity index (χ4n) is 1.95. The molecule has 0 aromatic rings. The van der Waals surface area contributed by atoms with E-state index < -0.39 is 10.0 Å². The van der Waals surface area contributed by atoms with Crippen molar-refractivity contribution >= 4 is 10.0 Å². The van der Waals surface area contributed by atoms with Gasteiger partial charge in [-0.3, -0.25) is 0 Å². The second kappa shape index (κ2) is 2.45. The number of hydrogen-bond donors (Lipinski definition) is 1. The summed E-state index contributed by atoms with van der Waals surface area (Å²) in [4.78, 5) is 0. The van der Waals surface area contributed by atoms with Crippen LogP contribution in [0.2, 0.25) is 0 Å². The Morgan fingerprint density at radius 1 is 1.45 bits per heavy atom. The van der Waals surface area contributed by atoms with Crippen molar-refractivity contribution in [3.05, 3.63) is 0 Å². The van der Waals surface area contributed by atoms with Gasteiger partial charge in [-0.25, -0.2) is 13.6 Å². The largest absolute Gasteiger partial charge is 0.229 e. The Labute approximate surface area is 68.0 Å². The van der Waals surface area contributed by atoms with Crippen LogP contribution in [0.15, 0.2) is 0 Å². The fraction of sp³-hybridized carbons (Fsp3) is 1.00. The van der Waals surface area contributed by atoms with Gasteiger partial charge in [0, 0.05) is 0 Å². The molecule has 1 aliphatic rings. The first-order valence-corrected chi connectivity index (χ1v) is 5.50. The zero-order valence-electron chi connectivity index (χ0n) is 7.00. The standard InChI is InChI=1S/C7H15NO2S/c1-7(2)3-6(4-7)5-11(8,9)10/h6H,3-5H2,1-2H3,(H2,8,9,10). The third-order valence-corrected chi connectivity index (χ3v) is 3.09. The van der Waals surface area contributed by atoms with E-state index in [0.29, 0.717) is 11.3 Å². The van der Waals surface area contributed by atoms with E-state index in [9.17, 15) is 8.42 Å². The number of nitrogens with two attached hydrogens (primary N) is 1. The Morgan fingerprint density at radius 2 is 1.91 bits per heavy atom. The molecule has 1 rings (SSSR count). The highest BCUT2D eigenvalue weighted by Crippen LogP contribution is 2.44. The number of sulfonamides is 1. The van der Waals surface area contributed by atoms with E-state index >= 15 is 0 Å². The van der Waals surface area contributed by atoms with E-state index in [-0.39, 0.29) is 5.75 Å². The van der Waals surface area contributed by atoms with Crippen molar-refractivity contribution in [2.45, 2.75) is 26.7 Å². The molecule has 3 nitrogen and oxygen atoms in total. The summed E-state index contributed by atoms with van der Waals surface area (Å²) < 4.78 is 21.2. The first-order chi connectivity index (χ1) is 4.79. The van der Waals surface area contributed by atoms with Crippen molar-refractivity contribution in [2.75, 3.05) is 5.75 Å². The van der Waals surface area contributed by atoms with Gasteiger partial charge in [-0.05, 0) is 24.2 Å². The van der Waals surface area contributed by atoms with Crippen LogP contribution in [-0.2, 0) is 10.0 Å². The first kappa shape index (κ1) is 9.00. The molecule has 2 N–H and O–H groups in total. The Bertz CT molecular complexity index is 235. The van der Waals surface area contributed by atoms with Crippen LogP contribution >= 0.6 is 0 Å². The molecule has 0 saturated heterocycles. The molecule has 0 aliphatic heterocycles. The molecule has 0 heterocycles. The second-order valence-corrected chi connectivity index (χ2v) is 5.93. The average Bonchev–Trinajstić information content (AvgIpc) is 1.53. The Balaban J connectivity index is 2.36. The van der Waals surface area contributed by atoms with Gasteiger partial charge in [0.05, 0.1) is 5.75 Å². The summed E-state index contributed by atoms with van der Waals surface area (Å²) in [7, 11) is -3.23. The second-order valence-electron chi connectivity index (χ2n) is 4.27. The van der Waals surface area contributed by atoms with Crippen molar-refractivity contribution in [3.63, 3.8) is 0 Å². The summed E-state index contributed by atoms with van der Waals surface area (Å²) in [6.45, 7) is 4.29. The SMILES string of the molecule is CC1(C)CC(CS(N)(=O)=O)C1. The fourth-order valence-corrected chi connectivity index (χ4v) is 2.84. The predicted octanol–water partition coefficient (Wildman–Crippen LogP) is 0.711. The summed E-state index contributed by atoms with van der Waals surface area (Å²) >= 11 is 0. The summed E-state index contributed by atoms with van der Waals surface area (Å²) in [5.74, 6) is 0.469. The van der Waals surface area contributed by atoms with E-state index in [4.69, 9.17) is 5.14 Å². The molecular formula is C7H15NO2S. The number of rotatable bonds is 2. The topological polar surface area (TPSA) is 60.2 Å². The summed E-state index contributed by atoms with van der Waals surface area (Å²) in [5, 5.41) is 4.91. The van der Waals surface area contributed by atoms with E-state index in [0.717, 1.165) is 12.8 Å². The van der Waals surface area contributed by atoms with Crippen molar-refractivity contribution in [1.82, 2.24) is 0 Å². The lowest BCUT2D eigenvalue weighted by Gasteiger charge is -2.42. The van der Waals surface area contributed by atoms with Crippen LogP contribution in [0.3, 0.4) is 0 Å². The molecule has 11 heavy (non-hydrogen) atoms. The van der Waals surface area contributed by atoms with E-state index in [1.54, 1.807) is 0 Å². The molecule has 0 bridgehead atoms. The maximum absolute atomic E-state index is 10.6. The van der Waals surface area contributed by atoms with Crippen molar-refractivity contribution in [1.29, 1.82) is 0 Å². The lowest BCUT2D eigenvalue weighted by molar-refractivity contribution is 0.113. The maximum Gasteiger partial charge on any atom is 0.209 e. The molecule has 66 valence electrons. The molecule has 0 aromatic carbocycles. The van der Waals surface area contributed by atoms with Gasteiger partial charge in [-0.2, -0.15) is 0 Å². The first-order valence-electron chi connectivity index (χ1n) is 3.79. The monoisotopic (exact) mass is 177 g/mol. The normalized spacial score (nSPS) is 24.6. The van der Waals surface area contributed by atoms with Gasteiger partial charge in [0.1, 0.15) is 0 Å². The van der Waals surface area contributed by atoms with Crippen molar-refractivity contribution < 1.29 is 8.42 Å². The van der Waals surface area contributed by atoms with Crippen LogP contribution in [0.25, 0.3) is 0 Å². The van der Waals surface area contributed by atoms with Gasteiger partial charge in [-0.1, -0.05) is 13.8 Å². The summed E-state index contributed by atoms with van der Waals surface area (Å²) in [5.41, 5.74) is 0.343. The summed E-state index contributed by atoms with van der Waals surface area (Å²) in [6, 6.07) is 0. The van der Waals surface area contributed by atoms with Gasteiger partial charge in [0.25, 0.3) is 0 Å². The highest BCUT2D eigenvalue weighted by molar-refractivity contribution is 7.89. The smallest absolute Gasteiger partial charge is 0.209 e. The van der Waals surface area contributed by atoms with Crippen LogP contribution in [0.4, 0.5) is 0 Å². The minimum Gasteiger partial charge on any atom is -0.229 e. The molecule has 1 aliphatic carbocycles. The molecule has 0 aromatic heterocycles. The number of primary sulfonamides is 1. The zero-order valence-corrected chi connectivity index (χ0v) is 7.82. The molecule has 1 fully saturated rings. The lowest BCUT2D eigenvalue weighted by atomic mass is 9.65. The van der Waals surface area contributed by atoms with Crippen LogP contribution in [0.1, 0.15) is 26.7 Å². The molecule has 1 saturated carbocycles. The quantitative estimate of drug-likeness (QED) is 0.675. The van der Waals surface area contributed by atoms with E-state index in [1.165, 1.54) is 0 Å². The highest BCUT2D eigenvalue weighted by Gasteiger charge is 2.37. The molecule has 0 unspecified atom stereocenters. The Kier molecular flexibility index (Phi) is 2.01. The van der Waals surface area contributed by atoms with Crippen LogP contribution < -0.4 is 5.14 Å². The molecular weight excluding hydrogens is 162 g/mol. The Hall–Kier alpha value is -0.0900. The highest BCUT2D eigenvalue weighted by atomic mass is 32.2. The van der Waals surface area contributed by atoms with Gasteiger partial charge >= 0.3 is 0 Å². The molecule has 0 atom stereocenters. The number of hydrogen-bond acceptors (Lipinski definition) is 2. The van der Waals surface area contributed by atoms with E-state index in [1.807, 2.05) is 0 Å². The molecule has 0 spiro atoms. The third kappa shape index (κ3) is 2.79. The van der Waals surface area contributed by atoms with Gasteiger partial charge in [0.2, 0.25) is 10.0 Å². The van der Waals surface area contributed by atoms with Gasteiger partial charge in [-0.15, -0.1) is 0 Å². The molecule has 0 amide bonds. The van der Waals surface area contributed by atoms with Crippen molar-refractivity contribution in [2.24, 2.45) is 16.5 Å². The average molecular weight is 177 g/mol. The third-order valence-electron chi connectivity index (χ3n) is 2.15. The van der Waals surface area contributed by atoms with Crippen LogP contribution in [-0.4, -0.2) is 14.2 Å². The van der Waals surface area contributed by atoms with Gasteiger partial charge in [0.15, 0.2) is 0 Å². The minimum atomic E-state index is -3.23. The van der Waals surface area contributed by atoms with Crippen LogP contribution in [0, 0.1) is 11.3 Å². The minimum absolute atomic E-state index is 0.163. The molecule has 4 heteroatoms. The predicted molar refractivity (Wildman–Crippen MR) is 44.5 cm³/mol. The van der Waals surface area contributed by atoms with E-state index in [2.05, 4.69) is 13.8 Å². The zero-order chi connectivity index (χ0) is 8.70. The van der Waals surface area contributed by atoms with Crippen LogP contribution in [0.5, 0.6) is 0 Å². The summed E-state index contributed by atoms with van der Waals surface area (Å²) in [6.07, 6.45) is 1.98. The Morgan fingerprint density at radius 3 is 2.18 bits per heavy atom. The van der Waals surface area contributed by atoms with Gasteiger partial charge < -0.3 is 0 Å². The maximum atomic E-state index is 10.6. The molecule has 0 radical (unpaired) electrons. The lowest BCUT2D eigenvalue weighted by Crippen LogP contribution is -2.37. The van der Waals surface area contributed by atoms with Crippen molar-refractivity contribution in [3.8, 4) is 0 Å².